The molecule has 0 bridgehead atoms. The molecule has 1 heterocycles. The van der Waals surface area contributed by atoms with Gasteiger partial charge < -0.3 is 21.1 Å². The van der Waals surface area contributed by atoms with Gasteiger partial charge in [0.2, 0.25) is 17.8 Å². The van der Waals surface area contributed by atoms with Crippen molar-refractivity contribution in [3.63, 3.8) is 0 Å². The SMILES string of the molecule is Cc1cc(Nc2nc(NCCO)nc(Nc3ccc(/N=N/c4cc(S(=O)(=O)O)c5cccc(S(=O)(=O)O)c5c4)c(C)c3)n2)ccc1/N=N/c1cc(S(=O)(=O)O)c2cccc(S(=O)(=O)O)c2c1. The number of azo groups is 2. The van der Waals surface area contributed by atoms with Crippen molar-refractivity contribution in [1.82, 2.24) is 15.0 Å². The number of nitrogens with one attached hydrogen (secondary N) is 3. The van der Waals surface area contributed by atoms with Gasteiger partial charge in [0.25, 0.3) is 40.5 Å². The maximum atomic E-state index is 12.2. The third kappa shape index (κ3) is 10.8. The van der Waals surface area contributed by atoms with Gasteiger partial charge in [-0.2, -0.15) is 69.1 Å². The molecule has 0 unspecified atom stereocenters. The van der Waals surface area contributed by atoms with Crippen LogP contribution in [0.5, 0.6) is 0 Å². The first kappa shape index (κ1) is 47.0. The van der Waals surface area contributed by atoms with E-state index in [4.69, 9.17) is 0 Å². The fourth-order valence-corrected chi connectivity index (χ4v) is 9.36. The minimum absolute atomic E-state index is 0.0595. The van der Waals surface area contributed by atoms with Crippen LogP contribution in [0.25, 0.3) is 21.5 Å². The molecule has 0 aliphatic heterocycles. The number of fused-ring (bicyclic) bond motifs is 2. The van der Waals surface area contributed by atoms with Crippen LogP contribution in [-0.2, 0) is 40.5 Å². The van der Waals surface area contributed by atoms with Gasteiger partial charge in [0.1, 0.15) is 19.6 Å². The highest BCUT2D eigenvalue weighted by Gasteiger charge is 2.23. The Hall–Kier alpha value is -6.95. The molecule has 0 aliphatic rings. The number of aliphatic hydroxyl groups excluding tert-OH is 1. The Kier molecular flexibility index (Phi) is 12.9. The second kappa shape index (κ2) is 18.1. The zero-order valence-electron chi connectivity index (χ0n) is 33.9. The zero-order valence-corrected chi connectivity index (χ0v) is 37.2. The molecule has 23 nitrogen and oxygen atoms in total. The topological polar surface area (TPSA) is 362 Å². The number of aliphatic hydroxyl groups is 1. The molecule has 0 fully saturated rings. The predicted octanol–water partition coefficient (Wildman–Crippen LogP) is 7.50. The Balaban J connectivity index is 1.12. The van der Waals surface area contributed by atoms with E-state index in [2.05, 4.69) is 51.4 Å². The molecule has 0 spiro atoms. The summed E-state index contributed by atoms with van der Waals surface area (Å²) in [5, 5.41) is 34.2. The van der Waals surface area contributed by atoms with Gasteiger partial charge in [-0.15, -0.1) is 0 Å². The van der Waals surface area contributed by atoms with Gasteiger partial charge in [-0.25, -0.2) is 0 Å². The summed E-state index contributed by atoms with van der Waals surface area (Å²) in [5.74, 6) is 0.204. The second-order valence-electron chi connectivity index (χ2n) is 14.1. The average Bonchev–Trinajstić information content (AvgIpc) is 3.22. The van der Waals surface area contributed by atoms with Crippen molar-refractivity contribution in [2.75, 3.05) is 29.1 Å². The van der Waals surface area contributed by atoms with E-state index in [1.165, 1.54) is 36.4 Å². The summed E-state index contributed by atoms with van der Waals surface area (Å²) in [5.41, 5.74) is 2.39. The Labute approximate surface area is 375 Å². The lowest BCUT2D eigenvalue weighted by Crippen LogP contribution is -2.12. The van der Waals surface area contributed by atoms with E-state index in [-0.39, 0.29) is 63.9 Å². The molecule has 0 amide bonds. The van der Waals surface area contributed by atoms with Crippen LogP contribution >= 0.6 is 0 Å². The van der Waals surface area contributed by atoms with E-state index in [1.807, 2.05) is 0 Å². The monoisotopic (exact) mass is 978 g/mol. The van der Waals surface area contributed by atoms with Crippen LogP contribution in [0.1, 0.15) is 11.1 Å². The van der Waals surface area contributed by atoms with Gasteiger partial charge in [-0.3, -0.25) is 18.2 Å². The normalized spacial score (nSPS) is 12.7. The second-order valence-corrected chi connectivity index (χ2v) is 19.7. The minimum atomic E-state index is -4.87. The van der Waals surface area contributed by atoms with Gasteiger partial charge in [0.15, 0.2) is 0 Å². The highest BCUT2D eigenvalue weighted by molar-refractivity contribution is 7.87. The van der Waals surface area contributed by atoms with Gasteiger partial charge in [-0.1, -0.05) is 24.3 Å². The quantitative estimate of drug-likeness (QED) is 0.0364. The highest BCUT2D eigenvalue weighted by atomic mass is 32.2. The van der Waals surface area contributed by atoms with Crippen molar-refractivity contribution < 1.29 is 57.0 Å². The Morgan fingerprint density at radius 2 is 0.864 bits per heavy atom. The molecular weight excluding hydrogens is 945 g/mol. The Morgan fingerprint density at radius 1 is 0.470 bits per heavy atom. The van der Waals surface area contributed by atoms with Crippen LogP contribution in [-0.4, -0.2) is 85.1 Å². The number of rotatable bonds is 15. The van der Waals surface area contributed by atoms with E-state index >= 15 is 0 Å². The fourth-order valence-electron chi connectivity index (χ4n) is 6.52. The van der Waals surface area contributed by atoms with Crippen molar-refractivity contribution in [1.29, 1.82) is 0 Å². The molecule has 342 valence electrons. The molecular formula is C39H34N10O13S4. The summed E-state index contributed by atoms with van der Waals surface area (Å²) in [6, 6.07) is 21.1. The lowest BCUT2D eigenvalue weighted by Gasteiger charge is -2.12. The molecule has 66 heavy (non-hydrogen) atoms. The molecule has 0 radical (unpaired) electrons. The van der Waals surface area contributed by atoms with Crippen LogP contribution in [0.3, 0.4) is 0 Å². The maximum absolute atomic E-state index is 12.2. The lowest BCUT2D eigenvalue weighted by atomic mass is 10.1. The van der Waals surface area contributed by atoms with Crippen molar-refractivity contribution in [3.8, 4) is 0 Å². The third-order valence-corrected chi connectivity index (χ3v) is 13.0. The molecule has 0 saturated heterocycles. The molecule has 0 aliphatic carbocycles. The smallest absolute Gasteiger partial charge is 0.295 e. The number of hydrogen-bond acceptors (Lipinski definition) is 19. The van der Waals surface area contributed by atoms with E-state index in [0.717, 1.165) is 24.3 Å². The average molecular weight is 979 g/mol. The minimum Gasteiger partial charge on any atom is -0.395 e. The van der Waals surface area contributed by atoms with Crippen LogP contribution in [0.2, 0.25) is 0 Å². The molecule has 27 heteroatoms. The number of aromatic nitrogens is 3. The molecule has 7 rings (SSSR count). The van der Waals surface area contributed by atoms with Crippen LogP contribution in [0.15, 0.2) is 137 Å². The van der Waals surface area contributed by atoms with Crippen LogP contribution < -0.4 is 16.0 Å². The maximum Gasteiger partial charge on any atom is 0.295 e. The van der Waals surface area contributed by atoms with Crippen molar-refractivity contribution >= 4 is 114 Å². The largest absolute Gasteiger partial charge is 0.395 e. The van der Waals surface area contributed by atoms with Gasteiger partial charge in [0.05, 0.1) is 29.4 Å². The summed E-state index contributed by atoms with van der Waals surface area (Å²) in [6.45, 7) is 3.25. The van der Waals surface area contributed by atoms with Crippen molar-refractivity contribution in [2.45, 2.75) is 33.4 Å². The number of benzene rings is 6. The zero-order chi connectivity index (χ0) is 47.8. The molecule has 7 aromatic rings. The number of aryl methyl sites for hydroxylation is 2. The number of hydrogen-bond donors (Lipinski definition) is 8. The van der Waals surface area contributed by atoms with Gasteiger partial charge >= 0.3 is 0 Å². The predicted molar refractivity (Wildman–Crippen MR) is 240 cm³/mol. The van der Waals surface area contributed by atoms with Gasteiger partial charge in [0, 0.05) is 39.5 Å². The fraction of sp³-hybridized carbons (Fsp3) is 0.103. The molecule has 0 atom stereocenters. The summed E-state index contributed by atoms with van der Waals surface area (Å²) in [6.07, 6.45) is 0. The first-order valence-corrected chi connectivity index (χ1v) is 24.5. The molecule has 0 saturated carbocycles. The molecule has 8 N–H and O–H groups in total. The van der Waals surface area contributed by atoms with Crippen LogP contribution in [0.4, 0.5) is 52.0 Å². The summed E-state index contributed by atoms with van der Waals surface area (Å²) in [7, 11) is -19.3. The Bertz CT molecular complexity index is 3400. The van der Waals surface area contributed by atoms with E-state index in [1.54, 1.807) is 50.2 Å². The Morgan fingerprint density at radius 3 is 1.23 bits per heavy atom. The van der Waals surface area contributed by atoms with E-state index in [0.29, 0.717) is 33.9 Å². The number of anilines is 5. The highest BCUT2D eigenvalue weighted by Crippen LogP contribution is 2.36. The van der Waals surface area contributed by atoms with Gasteiger partial charge in [-0.05, 0) is 97.8 Å². The van der Waals surface area contributed by atoms with Crippen molar-refractivity contribution in [2.24, 2.45) is 20.5 Å². The first-order chi connectivity index (χ1) is 31.0. The summed E-state index contributed by atoms with van der Waals surface area (Å²) in [4.78, 5) is 10.7. The summed E-state index contributed by atoms with van der Waals surface area (Å²) < 4.78 is 136. The standard InChI is InChI=1S/C39H34N10O13S4/c1-21-15-23(9-11-31(21)48-46-25-17-29-27(35(19-25)65(57,58)59)5-3-7-33(29)63(51,52)53)41-38-43-37(40-13-14-50)44-39(45-38)42-24-10-12-32(22(2)16-24)49-47-26-18-30-28(36(20-26)66(60,61)62)6-4-8-34(30)64(54,55)56/h3-12,15-20,50H,13-14H2,1-2H3,(H,51,52,53)(H,54,55,56)(H,57,58,59)(H,60,61,62)(H3,40,41,42,43,44,45)/b48-46+,49-47+. The molecule has 6 aromatic carbocycles. The third-order valence-electron chi connectivity index (χ3n) is 9.40. The molecule has 1 aromatic heterocycles. The summed E-state index contributed by atoms with van der Waals surface area (Å²) >= 11 is 0. The van der Waals surface area contributed by atoms with Crippen LogP contribution in [0, 0.1) is 13.8 Å². The lowest BCUT2D eigenvalue weighted by molar-refractivity contribution is 0.310. The van der Waals surface area contributed by atoms with Crippen molar-refractivity contribution in [3.05, 3.63) is 108 Å². The number of nitrogens with zero attached hydrogens (tertiary/aromatic N) is 7. The first-order valence-electron chi connectivity index (χ1n) is 18.7. The van der Waals surface area contributed by atoms with E-state index in [9.17, 15) is 57.0 Å². The van der Waals surface area contributed by atoms with E-state index < -0.39 is 60.1 Å².